The predicted molar refractivity (Wildman–Crippen MR) is 96.8 cm³/mol. The molecular formula is C16H18BrN5O2. The number of piperidine rings is 1. The van der Waals surface area contributed by atoms with E-state index in [1.165, 1.54) is 6.33 Å². The highest BCUT2D eigenvalue weighted by Gasteiger charge is 2.30. The summed E-state index contributed by atoms with van der Waals surface area (Å²) in [6.45, 7) is 2.85. The van der Waals surface area contributed by atoms with Crippen LogP contribution in [-0.2, 0) is 0 Å². The van der Waals surface area contributed by atoms with Gasteiger partial charge in [0.15, 0.2) is 0 Å². The van der Waals surface area contributed by atoms with Crippen molar-refractivity contribution in [1.29, 1.82) is 0 Å². The van der Waals surface area contributed by atoms with E-state index in [2.05, 4.69) is 38.1 Å². The molecule has 1 aliphatic rings. The van der Waals surface area contributed by atoms with Gasteiger partial charge in [0.2, 0.25) is 11.6 Å². The smallest absolute Gasteiger partial charge is 0.348 e. The number of nitrogens with zero attached hydrogens (tertiary/aromatic N) is 4. The van der Waals surface area contributed by atoms with E-state index in [9.17, 15) is 10.1 Å². The maximum Gasteiger partial charge on any atom is 0.353 e. The summed E-state index contributed by atoms with van der Waals surface area (Å²) in [7, 11) is 0. The Morgan fingerprint density at radius 1 is 1.33 bits per heavy atom. The molecule has 2 heterocycles. The van der Waals surface area contributed by atoms with Crippen molar-refractivity contribution < 1.29 is 4.92 Å². The fourth-order valence-corrected chi connectivity index (χ4v) is 3.33. The summed E-state index contributed by atoms with van der Waals surface area (Å²) in [5.41, 5.74) is 0.638. The number of halogens is 1. The summed E-state index contributed by atoms with van der Waals surface area (Å²) in [5, 5.41) is 14.8. The summed E-state index contributed by atoms with van der Waals surface area (Å²) in [4.78, 5) is 21.6. The number of hydrogen-bond acceptors (Lipinski definition) is 6. The van der Waals surface area contributed by atoms with E-state index >= 15 is 0 Å². The van der Waals surface area contributed by atoms with Gasteiger partial charge in [-0.05, 0) is 54.2 Å². The predicted octanol–water partition coefficient (Wildman–Crippen LogP) is 4.27. The minimum atomic E-state index is -0.407. The third-order valence-electron chi connectivity index (χ3n) is 4.19. The average molecular weight is 392 g/mol. The molecule has 0 aliphatic carbocycles. The molecule has 0 spiro atoms. The largest absolute Gasteiger partial charge is 0.353 e. The molecule has 1 aromatic heterocycles. The fourth-order valence-electron chi connectivity index (χ4n) is 2.94. The van der Waals surface area contributed by atoms with Crippen LogP contribution >= 0.6 is 15.9 Å². The van der Waals surface area contributed by atoms with Crippen LogP contribution in [0.5, 0.6) is 0 Å². The molecule has 1 aromatic carbocycles. The first kappa shape index (κ1) is 16.6. The molecule has 0 amide bonds. The SMILES string of the molecule is CC1CCCCN1c1ncnc(Nc2ccccc2Br)c1[N+](=O)[O-]. The van der Waals surface area contributed by atoms with Gasteiger partial charge in [-0.15, -0.1) is 0 Å². The van der Waals surface area contributed by atoms with E-state index in [4.69, 9.17) is 0 Å². The molecule has 0 bridgehead atoms. The molecular weight excluding hydrogens is 374 g/mol. The minimum absolute atomic E-state index is 0.0815. The van der Waals surface area contributed by atoms with Crippen molar-refractivity contribution in [2.24, 2.45) is 0 Å². The first-order chi connectivity index (χ1) is 11.6. The van der Waals surface area contributed by atoms with Crippen LogP contribution in [0.1, 0.15) is 26.2 Å². The van der Waals surface area contributed by atoms with Gasteiger partial charge < -0.3 is 10.2 Å². The van der Waals surface area contributed by atoms with E-state index in [1.54, 1.807) is 0 Å². The Morgan fingerprint density at radius 2 is 2.12 bits per heavy atom. The molecule has 126 valence electrons. The zero-order valence-corrected chi connectivity index (χ0v) is 14.9. The lowest BCUT2D eigenvalue weighted by atomic mass is 10.0. The Kier molecular flexibility index (Phi) is 4.94. The van der Waals surface area contributed by atoms with Crippen molar-refractivity contribution in [3.8, 4) is 0 Å². The zero-order chi connectivity index (χ0) is 17.1. The number of nitro groups is 1. The van der Waals surface area contributed by atoms with Gasteiger partial charge in [-0.25, -0.2) is 9.97 Å². The number of aromatic nitrogens is 2. The molecule has 7 nitrogen and oxygen atoms in total. The summed E-state index contributed by atoms with van der Waals surface area (Å²) < 4.78 is 0.811. The molecule has 1 atom stereocenters. The Balaban J connectivity index is 2.02. The molecule has 0 radical (unpaired) electrons. The molecule has 1 saturated heterocycles. The second-order valence-corrected chi connectivity index (χ2v) is 6.65. The third-order valence-corrected chi connectivity index (χ3v) is 4.88. The molecule has 1 unspecified atom stereocenters. The van der Waals surface area contributed by atoms with Crippen molar-refractivity contribution in [3.63, 3.8) is 0 Å². The van der Waals surface area contributed by atoms with Gasteiger partial charge in [0.05, 0.1) is 10.6 Å². The van der Waals surface area contributed by atoms with Crippen LogP contribution in [0, 0.1) is 10.1 Å². The van der Waals surface area contributed by atoms with E-state index < -0.39 is 4.92 Å². The normalized spacial score (nSPS) is 17.6. The number of hydrogen-bond donors (Lipinski definition) is 1. The summed E-state index contributed by atoms with van der Waals surface area (Å²) in [6.07, 6.45) is 4.54. The van der Waals surface area contributed by atoms with Crippen LogP contribution < -0.4 is 10.2 Å². The van der Waals surface area contributed by atoms with E-state index in [1.807, 2.05) is 29.2 Å². The molecule has 1 N–H and O–H groups in total. The minimum Gasteiger partial charge on any atom is -0.348 e. The Morgan fingerprint density at radius 3 is 2.83 bits per heavy atom. The van der Waals surface area contributed by atoms with E-state index in [-0.39, 0.29) is 17.5 Å². The van der Waals surface area contributed by atoms with Crippen LogP contribution in [-0.4, -0.2) is 27.5 Å². The van der Waals surface area contributed by atoms with Gasteiger partial charge in [0.1, 0.15) is 6.33 Å². The number of benzene rings is 1. The van der Waals surface area contributed by atoms with Gasteiger partial charge in [-0.3, -0.25) is 10.1 Å². The average Bonchev–Trinajstić information content (AvgIpc) is 2.57. The van der Waals surface area contributed by atoms with Crippen LogP contribution in [0.2, 0.25) is 0 Å². The Bertz CT molecular complexity index is 755. The molecule has 0 saturated carbocycles. The van der Waals surface area contributed by atoms with E-state index in [0.717, 1.165) is 36.0 Å². The second-order valence-electron chi connectivity index (χ2n) is 5.79. The molecule has 8 heteroatoms. The lowest BCUT2D eigenvalue weighted by molar-refractivity contribution is -0.383. The quantitative estimate of drug-likeness (QED) is 0.618. The van der Waals surface area contributed by atoms with Crippen molar-refractivity contribution in [3.05, 3.63) is 45.2 Å². The third kappa shape index (κ3) is 3.33. The van der Waals surface area contributed by atoms with Crippen LogP contribution in [0.25, 0.3) is 0 Å². The van der Waals surface area contributed by atoms with Crippen molar-refractivity contribution in [2.75, 3.05) is 16.8 Å². The first-order valence-electron chi connectivity index (χ1n) is 7.85. The van der Waals surface area contributed by atoms with E-state index in [0.29, 0.717) is 5.82 Å². The highest BCUT2D eigenvalue weighted by Crippen LogP contribution is 2.37. The molecule has 2 aromatic rings. The maximum atomic E-state index is 11.7. The molecule has 24 heavy (non-hydrogen) atoms. The number of para-hydroxylation sites is 1. The van der Waals surface area contributed by atoms with Gasteiger partial charge >= 0.3 is 5.69 Å². The molecule has 1 fully saturated rings. The van der Waals surface area contributed by atoms with Crippen molar-refractivity contribution >= 4 is 38.9 Å². The van der Waals surface area contributed by atoms with Gasteiger partial charge in [0, 0.05) is 17.1 Å². The molecule has 3 rings (SSSR count). The lowest BCUT2D eigenvalue weighted by Gasteiger charge is -2.33. The maximum absolute atomic E-state index is 11.7. The van der Waals surface area contributed by atoms with Crippen molar-refractivity contribution in [1.82, 2.24) is 9.97 Å². The standard InChI is InChI=1S/C16H18BrN5O2/c1-11-6-4-5-9-21(11)16-14(22(23)24)15(18-10-19-16)20-13-8-3-2-7-12(13)17/h2-3,7-8,10-11H,4-6,9H2,1H3,(H,18,19,20). The monoisotopic (exact) mass is 391 g/mol. The lowest BCUT2D eigenvalue weighted by Crippen LogP contribution is -2.38. The van der Waals surface area contributed by atoms with Gasteiger partial charge in [0.25, 0.3) is 0 Å². The van der Waals surface area contributed by atoms with Gasteiger partial charge in [-0.2, -0.15) is 0 Å². The molecule has 1 aliphatic heterocycles. The topological polar surface area (TPSA) is 84.2 Å². The van der Waals surface area contributed by atoms with Crippen molar-refractivity contribution in [2.45, 2.75) is 32.2 Å². The van der Waals surface area contributed by atoms with Gasteiger partial charge in [-0.1, -0.05) is 12.1 Å². The highest BCUT2D eigenvalue weighted by atomic mass is 79.9. The number of rotatable bonds is 4. The summed E-state index contributed by atoms with van der Waals surface area (Å²) in [5.74, 6) is 0.589. The van der Waals surface area contributed by atoms with Crippen LogP contribution in [0.3, 0.4) is 0 Å². The Hall–Kier alpha value is -2.22. The highest BCUT2D eigenvalue weighted by molar-refractivity contribution is 9.10. The fraction of sp³-hybridized carbons (Fsp3) is 0.375. The second kappa shape index (κ2) is 7.12. The summed E-state index contributed by atoms with van der Waals surface area (Å²) >= 11 is 3.43. The van der Waals surface area contributed by atoms with Crippen LogP contribution in [0.15, 0.2) is 35.1 Å². The first-order valence-corrected chi connectivity index (χ1v) is 8.65. The van der Waals surface area contributed by atoms with Crippen LogP contribution in [0.4, 0.5) is 23.0 Å². The summed E-state index contributed by atoms with van der Waals surface area (Å²) in [6, 6.07) is 7.66. The number of nitrogens with one attached hydrogen (secondary N) is 1. The zero-order valence-electron chi connectivity index (χ0n) is 13.3. The Labute approximate surface area is 148 Å². The number of anilines is 3.